The molecule has 0 aromatic carbocycles. The van der Waals surface area contributed by atoms with Gasteiger partial charge in [0, 0.05) is 13.1 Å². The second kappa shape index (κ2) is 5.24. The number of aromatic nitrogens is 4. The van der Waals surface area contributed by atoms with Crippen LogP contribution in [0, 0.1) is 5.92 Å². The molecular formula is C13H21N7. The van der Waals surface area contributed by atoms with Gasteiger partial charge >= 0.3 is 0 Å². The molecule has 0 aliphatic heterocycles. The van der Waals surface area contributed by atoms with Gasteiger partial charge < -0.3 is 4.90 Å². The third-order valence-electron chi connectivity index (χ3n) is 4.29. The molecule has 2 heterocycles. The van der Waals surface area contributed by atoms with Gasteiger partial charge in [-0.25, -0.2) is 5.84 Å². The summed E-state index contributed by atoms with van der Waals surface area (Å²) in [5.74, 6) is 7.58. The number of hydrazine groups is 1. The van der Waals surface area contributed by atoms with Gasteiger partial charge in [0.25, 0.3) is 0 Å². The van der Waals surface area contributed by atoms with Crippen molar-refractivity contribution in [3.63, 3.8) is 0 Å². The predicted octanol–water partition coefficient (Wildman–Crippen LogP) is 1.65. The summed E-state index contributed by atoms with van der Waals surface area (Å²) in [5.41, 5.74) is 3.22. The minimum atomic E-state index is 0.410. The number of fused-ring (bicyclic) bond motifs is 1. The van der Waals surface area contributed by atoms with E-state index in [0.29, 0.717) is 17.6 Å². The van der Waals surface area contributed by atoms with Gasteiger partial charge in [-0.3, -0.25) is 10.5 Å². The number of nitrogens with two attached hydrogens (primary N) is 1. The quantitative estimate of drug-likeness (QED) is 0.582. The molecule has 4 N–H and O–H groups in total. The molecule has 108 valence electrons. The highest BCUT2D eigenvalue weighted by Crippen LogP contribution is 2.31. The average Bonchev–Trinajstić information content (AvgIpc) is 2.94. The van der Waals surface area contributed by atoms with E-state index in [1.165, 1.54) is 25.7 Å². The Bertz CT molecular complexity index is 585. The molecule has 0 spiro atoms. The van der Waals surface area contributed by atoms with Gasteiger partial charge in [0.2, 0.25) is 5.95 Å². The van der Waals surface area contributed by atoms with Gasteiger partial charge in [0.15, 0.2) is 5.65 Å². The maximum absolute atomic E-state index is 5.45. The summed E-state index contributed by atoms with van der Waals surface area (Å²) in [6, 6.07) is 0.518. The first-order valence-corrected chi connectivity index (χ1v) is 7.09. The van der Waals surface area contributed by atoms with E-state index < -0.39 is 0 Å². The normalized spacial score (nSPS) is 22.9. The molecule has 7 nitrogen and oxygen atoms in total. The van der Waals surface area contributed by atoms with Crippen LogP contribution in [0.15, 0.2) is 6.20 Å². The number of nitrogens with zero attached hydrogens (tertiary/aromatic N) is 4. The molecule has 3 rings (SSSR count). The molecule has 2 aromatic heterocycles. The Morgan fingerprint density at radius 2 is 2.05 bits per heavy atom. The summed E-state index contributed by atoms with van der Waals surface area (Å²) in [4.78, 5) is 11.0. The lowest BCUT2D eigenvalue weighted by molar-refractivity contribution is 0.340. The molecule has 1 aliphatic rings. The van der Waals surface area contributed by atoms with Crippen molar-refractivity contribution in [2.75, 3.05) is 17.4 Å². The molecule has 0 amide bonds. The van der Waals surface area contributed by atoms with E-state index in [4.69, 9.17) is 5.84 Å². The third-order valence-corrected chi connectivity index (χ3v) is 4.29. The van der Waals surface area contributed by atoms with Crippen LogP contribution in [0.25, 0.3) is 11.0 Å². The molecular weight excluding hydrogens is 254 g/mol. The first-order valence-electron chi connectivity index (χ1n) is 7.09. The Balaban J connectivity index is 1.93. The highest BCUT2D eigenvalue weighted by atomic mass is 15.3. The van der Waals surface area contributed by atoms with Crippen LogP contribution in [0.1, 0.15) is 32.6 Å². The zero-order valence-electron chi connectivity index (χ0n) is 11.9. The maximum atomic E-state index is 5.45. The smallest absolute Gasteiger partial charge is 0.241 e. The second-order valence-corrected chi connectivity index (χ2v) is 5.67. The summed E-state index contributed by atoms with van der Waals surface area (Å²) in [6.45, 7) is 2.33. The van der Waals surface area contributed by atoms with Gasteiger partial charge in [-0.05, 0) is 31.6 Å². The van der Waals surface area contributed by atoms with Crippen LogP contribution in [-0.2, 0) is 0 Å². The van der Waals surface area contributed by atoms with E-state index >= 15 is 0 Å². The molecule has 0 bridgehead atoms. The number of anilines is 2. The van der Waals surface area contributed by atoms with Gasteiger partial charge in [0.1, 0.15) is 5.82 Å². The first kappa shape index (κ1) is 13.1. The van der Waals surface area contributed by atoms with E-state index in [2.05, 4.69) is 44.5 Å². The van der Waals surface area contributed by atoms with Crippen LogP contribution in [0.5, 0.6) is 0 Å². The Hall–Kier alpha value is -1.89. The second-order valence-electron chi connectivity index (χ2n) is 5.67. The summed E-state index contributed by atoms with van der Waals surface area (Å²) in [5, 5.41) is 7.87. The van der Waals surface area contributed by atoms with Crippen molar-refractivity contribution in [2.24, 2.45) is 11.8 Å². The van der Waals surface area contributed by atoms with Crippen molar-refractivity contribution >= 4 is 22.8 Å². The number of hydrogen-bond acceptors (Lipinski definition) is 6. The molecule has 0 saturated heterocycles. The van der Waals surface area contributed by atoms with Crippen LogP contribution < -0.4 is 16.2 Å². The number of hydrogen-bond donors (Lipinski definition) is 3. The lowest BCUT2D eigenvalue weighted by Crippen LogP contribution is -2.35. The lowest BCUT2D eigenvalue weighted by Gasteiger charge is -2.34. The Morgan fingerprint density at radius 1 is 1.30 bits per heavy atom. The van der Waals surface area contributed by atoms with Crippen LogP contribution in [0.3, 0.4) is 0 Å². The van der Waals surface area contributed by atoms with E-state index in [9.17, 15) is 0 Å². The molecule has 0 radical (unpaired) electrons. The number of nitrogens with one attached hydrogen (secondary N) is 2. The fourth-order valence-electron chi connectivity index (χ4n) is 2.96. The van der Waals surface area contributed by atoms with Crippen LogP contribution in [0.2, 0.25) is 0 Å². The van der Waals surface area contributed by atoms with Crippen molar-refractivity contribution < 1.29 is 0 Å². The molecule has 7 heteroatoms. The highest BCUT2D eigenvalue weighted by molar-refractivity contribution is 5.87. The monoisotopic (exact) mass is 275 g/mol. The molecule has 1 aliphatic carbocycles. The molecule has 0 unspecified atom stereocenters. The SMILES string of the molecule is CC1CCC(N(C)c2nc(NN)nc3[nH]ncc23)CC1. The van der Waals surface area contributed by atoms with Crippen molar-refractivity contribution in [1.82, 2.24) is 20.2 Å². The molecule has 1 fully saturated rings. The van der Waals surface area contributed by atoms with Crippen molar-refractivity contribution in [1.29, 1.82) is 0 Å². The average molecular weight is 275 g/mol. The molecule has 1 saturated carbocycles. The lowest BCUT2D eigenvalue weighted by atomic mass is 9.87. The molecule has 20 heavy (non-hydrogen) atoms. The van der Waals surface area contributed by atoms with Crippen LogP contribution in [0.4, 0.5) is 11.8 Å². The number of H-pyrrole nitrogens is 1. The Kier molecular flexibility index (Phi) is 3.43. The largest absolute Gasteiger partial charge is 0.356 e. The zero-order valence-corrected chi connectivity index (χ0v) is 11.9. The van der Waals surface area contributed by atoms with E-state index in [1.807, 2.05) is 0 Å². The van der Waals surface area contributed by atoms with Gasteiger partial charge in [-0.2, -0.15) is 15.1 Å². The molecule has 2 aromatic rings. The fraction of sp³-hybridized carbons (Fsp3) is 0.615. The summed E-state index contributed by atoms with van der Waals surface area (Å²) < 4.78 is 0. The molecule has 0 atom stereocenters. The van der Waals surface area contributed by atoms with Crippen LogP contribution >= 0.6 is 0 Å². The number of rotatable bonds is 3. The Labute approximate surface area is 117 Å². The fourth-order valence-corrected chi connectivity index (χ4v) is 2.96. The van der Waals surface area contributed by atoms with E-state index in [0.717, 1.165) is 17.1 Å². The summed E-state index contributed by atoms with van der Waals surface area (Å²) >= 11 is 0. The zero-order chi connectivity index (χ0) is 14.1. The number of aromatic amines is 1. The van der Waals surface area contributed by atoms with Gasteiger partial charge in [-0.15, -0.1) is 0 Å². The summed E-state index contributed by atoms with van der Waals surface area (Å²) in [7, 11) is 2.09. The minimum absolute atomic E-state index is 0.410. The topological polar surface area (TPSA) is 95.8 Å². The standard InChI is InChI=1S/C13H21N7/c1-8-3-5-9(6-4-8)20(2)12-10-7-15-19-11(10)16-13(17-12)18-14/h7-9H,3-6,14H2,1-2H3,(H2,15,16,17,18,19). The predicted molar refractivity (Wildman–Crippen MR) is 79.3 cm³/mol. The van der Waals surface area contributed by atoms with E-state index in [1.54, 1.807) is 6.20 Å². The van der Waals surface area contributed by atoms with Gasteiger partial charge in [0.05, 0.1) is 11.6 Å². The first-order chi connectivity index (χ1) is 9.69. The van der Waals surface area contributed by atoms with Crippen LogP contribution in [-0.4, -0.2) is 33.3 Å². The van der Waals surface area contributed by atoms with Crippen molar-refractivity contribution in [3.05, 3.63) is 6.20 Å². The van der Waals surface area contributed by atoms with Gasteiger partial charge in [-0.1, -0.05) is 6.92 Å². The van der Waals surface area contributed by atoms with E-state index in [-0.39, 0.29) is 0 Å². The highest BCUT2D eigenvalue weighted by Gasteiger charge is 2.24. The Morgan fingerprint density at radius 3 is 2.75 bits per heavy atom. The number of nitrogen functional groups attached to an aromatic ring is 1. The van der Waals surface area contributed by atoms with Crippen molar-refractivity contribution in [2.45, 2.75) is 38.6 Å². The summed E-state index contributed by atoms with van der Waals surface area (Å²) in [6.07, 6.45) is 6.72. The minimum Gasteiger partial charge on any atom is -0.356 e. The van der Waals surface area contributed by atoms with Crippen molar-refractivity contribution in [3.8, 4) is 0 Å². The third kappa shape index (κ3) is 2.29. The maximum Gasteiger partial charge on any atom is 0.241 e.